The second kappa shape index (κ2) is 6.74. The molecular weight excluding hydrogens is 240 g/mol. The molecule has 0 heterocycles. The van der Waals surface area contributed by atoms with Gasteiger partial charge in [-0.1, -0.05) is 43.5 Å². The van der Waals surface area contributed by atoms with Gasteiger partial charge in [0.2, 0.25) is 0 Å². The summed E-state index contributed by atoms with van der Waals surface area (Å²) < 4.78 is 0. The molecule has 3 heteroatoms. The summed E-state index contributed by atoms with van der Waals surface area (Å²) in [7, 11) is 0. The highest BCUT2D eigenvalue weighted by atomic mass is 32.1. The fraction of sp³-hybridized carbons (Fsp3) is 0.533. The Kier molecular flexibility index (Phi) is 5.00. The third-order valence-corrected chi connectivity index (χ3v) is 3.90. The molecule has 0 amide bonds. The molecule has 0 aromatic heterocycles. The second-order valence-corrected chi connectivity index (χ2v) is 5.50. The smallest absolute Gasteiger partial charge is 0.166 e. The molecule has 2 rings (SSSR count). The zero-order valence-corrected chi connectivity index (χ0v) is 11.9. The number of rotatable bonds is 3. The van der Waals surface area contributed by atoms with E-state index in [0.29, 0.717) is 6.04 Å². The Morgan fingerprint density at radius 1 is 1.22 bits per heavy atom. The molecule has 0 bridgehead atoms. The van der Waals surface area contributed by atoms with Crippen LogP contribution in [0.3, 0.4) is 0 Å². The molecule has 2 N–H and O–H groups in total. The molecule has 18 heavy (non-hydrogen) atoms. The number of benzene rings is 1. The van der Waals surface area contributed by atoms with Gasteiger partial charge in [0, 0.05) is 12.6 Å². The minimum atomic E-state index is 0.579. The van der Waals surface area contributed by atoms with E-state index in [2.05, 4.69) is 41.8 Å². The first kappa shape index (κ1) is 13.3. The maximum atomic E-state index is 5.36. The first-order valence-corrected chi connectivity index (χ1v) is 7.25. The minimum Gasteiger partial charge on any atom is -0.360 e. The van der Waals surface area contributed by atoms with Crippen molar-refractivity contribution in [3.8, 4) is 0 Å². The van der Waals surface area contributed by atoms with Gasteiger partial charge in [0.1, 0.15) is 0 Å². The first-order valence-electron chi connectivity index (χ1n) is 6.84. The molecule has 1 saturated carbocycles. The van der Waals surface area contributed by atoms with E-state index in [-0.39, 0.29) is 0 Å². The molecule has 1 aliphatic carbocycles. The van der Waals surface area contributed by atoms with Gasteiger partial charge in [-0.2, -0.15) is 0 Å². The molecule has 98 valence electrons. The summed E-state index contributed by atoms with van der Waals surface area (Å²) in [4.78, 5) is 0. The lowest BCUT2D eigenvalue weighted by Crippen LogP contribution is -2.42. The Balaban J connectivity index is 1.76. The molecule has 0 aliphatic heterocycles. The van der Waals surface area contributed by atoms with E-state index in [1.807, 2.05) is 0 Å². The van der Waals surface area contributed by atoms with Crippen molar-refractivity contribution in [2.45, 2.75) is 51.6 Å². The highest BCUT2D eigenvalue weighted by molar-refractivity contribution is 7.80. The number of aryl methyl sites for hydroxylation is 1. The van der Waals surface area contributed by atoms with E-state index in [0.717, 1.165) is 11.7 Å². The molecule has 0 atom stereocenters. The van der Waals surface area contributed by atoms with E-state index < -0.39 is 0 Å². The van der Waals surface area contributed by atoms with Crippen LogP contribution in [0, 0.1) is 6.92 Å². The lowest BCUT2D eigenvalue weighted by molar-refractivity contribution is 0.412. The van der Waals surface area contributed by atoms with E-state index in [4.69, 9.17) is 12.2 Å². The van der Waals surface area contributed by atoms with Crippen LogP contribution >= 0.6 is 12.2 Å². The molecule has 1 aliphatic rings. The second-order valence-electron chi connectivity index (χ2n) is 5.09. The zero-order valence-electron chi connectivity index (χ0n) is 11.0. The minimum absolute atomic E-state index is 0.579. The van der Waals surface area contributed by atoms with Crippen LogP contribution in [0.2, 0.25) is 0 Å². The summed E-state index contributed by atoms with van der Waals surface area (Å²) in [6.07, 6.45) is 6.55. The van der Waals surface area contributed by atoms with Gasteiger partial charge >= 0.3 is 0 Å². The van der Waals surface area contributed by atoms with Crippen LogP contribution in [-0.2, 0) is 6.54 Å². The van der Waals surface area contributed by atoms with Gasteiger partial charge in [0.25, 0.3) is 0 Å². The lowest BCUT2D eigenvalue weighted by atomic mass is 9.96. The van der Waals surface area contributed by atoms with Crippen molar-refractivity contribution < 1.29 is 0 Å². The maximum Gasteiger partial charge on any atom is 0.166 e. The molecule has 0 spiro atoms. The SMILES string of the molecule is Cc1ccccc1CNC(=S)NC1CCCCC1. The molecule has 1 aromatic rings. The van der Waals surface area contributed by atoms with E-state index in [1.54, 1.807) is 0 Å². The molecule has 1 aromatic carbocycles. The van der Waals surface area contributed by atoms with Crippen LogP contribution in [0.5, 0.6) is 0 Å². The lowest BCUT2D eigenvalue weighted by Gasteiger charge is -2.24. The van der Waals surface area contributed by atoms with Crippen LogP contribution in [0.1, 0.15) is 43.2 Å². The summed E-state index contributed by atoms with van der Waals surface area (Å²) in [5.41, 5.74) is 2.62. The summed E-state index contributed by atoms with van der Waals surface area (Å²) in [5.74, 6) is 0. The molecule has 0 unspecified atom stereocenters. The average Bonchev–Trinajstić information content (AvgIpc) is 2.39. The quantitative estimate of drug-likeness (QED) is 0.817. The van der Waals surface area contributed by atoms with E-state index >= 15 is 0 Å². The zero-order chi connectivity index (χ0) is 12.8. The molecule has 0 radical (unpaired) electrons. The third kappa shape index (κ3) is 3.98. The first-order chi connectivity index (χ1) is 8.75. The number of hydrogen-bond donors (Lipinski definition) is 2. The fourth-order valence-electron chi connectivity index (χ4n) is 2.47. The van der Waals surface area contributed by atoms with Crippen LogP contribution < -0.4 is 10.6 Å². The van der Waals surface area contributed by atoms with E-state index in [9.17, 15) is 0 Å². The largest absolute Gasteiger partial charge is 0.360 e. The monoisotopic (exact) mass is 262 g/mol. The predicted molar refractivity (Wildman–Crippen MR) is 80.6 cm³/mol. The topological polar surface area (TPSA) is 24.1 Å². The summed E-state index contributed by atoms with van der Waals surface area (Å²) in [6, 6.07) is 9.00. The van der Waals surface area contributed by atoms with Crippen molar-refractivity contribution in [2.24, 2.45) is 0 Å². The van der Waals surface area contributed by atoms with Crippen LogP contribution in [0.4, 0.5) is 0 Å². The van der Waals surface area contributed by atoms with Crippen LogP contribution in [0.25, 0.3) is 0 Å². The Labute approximate surface area is 115 Å². The van der Waals surface area contributed by atoms with Gasteiger partial charge in [-0.15, -0.1) is 0 Å². The van der Waals surface area contributed by atoms with Gasteiger partial charge in [-0.05, 0) is 43.1 Å². The van der Waals surface area contributed by atoms with Crippen molar-refractivity contribution >= 4 is 17.3 Å². The molecule has 0 saturated heterocycles. The highest BCUT2D eigenvalue weighted by Crippen LogP contribution is 2.17. The molecule has 1 fully saturated rings. The normalized spacial score (nSPS) is 16.3. The summed E-state index contributed by atoms with van der Waals surface area (Å²) in [5, 5.41) is 7.53. The van der Waals surface area contributed by atoms with Crippen molar-refractivity contribution in [1.82, 2.24) is 10.6 Å². The molecular formula is C15H22N2S. The van der Waals surface area contributed by atoms with Gasteiger partial charge < -0.3 is 10.6 Å². The number of thiocarbonyl (C=S) groups is 1. The van der Waals surface area contributed by atoms with Gasteiger partial charge in [-0.3, -0.25) is 0 Å². The maximum absolute atomic E-state index is 5.36. The van der Waals surface area contributed by atoms with Crippen molar-refractivity contribution in [1.29, 1.82) is 0 Å². The van der Waals surface area contributed by atoms with Gasteiger partial charge in [0.05, 0.1) is 0 Å². The summed E-state index contributed by atoms with van der Waals surface area (Å²) >= 11 is 5.36. The standard InChI is InChI=1S/C15H22N2S/c1-12-7-5-6-8-13(12)11-16-15(18)17-14-9-3-2-4-10-14/h5-8,14H,2-4,9-11H2,1H3,(H2,16,17,18). The molecule has 2 nitrogen and oxygen atoms in total. The number of hydrogen-bond acceptors (Lipinski definition) is 1. The van der Waals surface area contributed by atoms with Crippen molar-refractivity contribution in [3.05, 3.63) is 35.4 Å². The van der Waals surface area contributed by atoms with Gasteiger partial charge in [0.15, 0.2) is 5.11 Å². The highest BCUT2D eigenvalue weighted by Gasteiger charge is 2.13. The Morgan fingerprint density at radius 3 is 2.67 bits per heavy atom. The Hall–Kier alpha value is -1.09. The number of nitrogens with one attached hydrogen (secondary N) is 2. The van der Waals surface area contributed by atoms with Crippen molar-refractivity contribution in [3.63, 3.8) is 0 Å². The Morgan fingerprint density at radius 2 is 1.94 bits per heavy atom. The van der Waals surface area contributed by atoms with Crippen LogP contribution in [0.15, 0.2) is 24.3 Å². The predicted octanol–water partition coefficient (Wildman–Crippen LogP) is 3.29. The summed E-state index contributed by atoms with van der Waals surface area (Å²) in [6.45, 7) is 2.94. The van der Waals surface area contributed by atoms with Gasteiger partial charge in [-0.25, -0.2) is 0 Å². The van der Waals surface area contributed by atoms with Crippen molar-refractivity contribution in [2.75, 3.05) is 0 Å². The van der Waals surface area contributed by atoms with Crippen LogP contribution in [-0.4, -0.2) is 11.2 Å². The van der Waals surface area contributed by atoms with E-state index in [1.165, 1.54) is 43.2 Å². The third-order valence-electron chi connectivity index (χ3n) is 3.64. The average molecular weight is 262 g/mol. The Bertz CT molecular complexity index is 397. The fourth-order valence-corrected chi connectivity index (χ4v) is 2.71.